The largest absolute Gasteiger partial charge is 0.389 e. The molecule has 0 rings (SSSR count). The fraction of sp³-hybridized carbons (Fsp3) is 0.889. The lowest BCUT2D eigenvalue weighted by Crippen LogP contribution is -2.00. The lowest BCUT2D eigenvalue weighted by molar-refractivity contribution is 0.209. The minimum atomic E-state index is -0.213. The summed E-state index contributed by atoms with van der Waals surface area (Å²) in [6, 6.07) is 0. The highest BCUT2D eigenvalue weighted by Gasteiger charge is 1.96. The van der Waals surface area contributed by atoms with E-state index in [2.05, 4.69) is 28.9 Å². The Labute approximate surface area is 135 Å². The maximum Gasteiger partial charge on any atom is 0.0720 e. The van der Waals surface area contributed by atoms with Crippen molar-refractivity contribution in [1.29, 1.82) is 0 Å². The number of hydrogen-bond acceptors (Lipinski definition) is 1. The lowest BCUT2D eigenvalue weighted by Gasteiger charge is -2.03. The molecule has 0 bridgehead atoms. The molecule has 0 aliphatic carbocycles. The van der Waals surface area contributed by atoms with Gasteiger partial charge in [-0.1, -0.05) is 92.8 Å². The van der Waals surface area contributed by atoms with Crippen molar-refractivity contribution < 1.29 is 5.11 Å². The minimum Gasteiger partial charge on any atom is -0.389 e. The van der Waals surface area contributed by atoms with Crippen molar-refractivity contribution in [3.05, 3.63) is 12.2 Å². The molecular formula is C18H35BrO. The first-order chi connectivity index (χ1) is 9.81. The molecule has 1 unspecified atom stereocenters. The predicted octanol–water partition coefficient (Wildman–Crippen LogP) is 6.39. The van der Waals surface area contributed by atoms with Crippen molar-refractivity contribution in [2.24, 2.45) is 0 Å². The van der Waals surface area contributed by atoms with Gasteiger partial charge in [0.2, 0.25) is 0 Å². The highest BCUT2D eigenvalue weighted by Crippen LogP contribution is 2.11. The van der Waals surface area contributed by atoms with E-state index in [1.54, 1.807) is 0 Å². The fourth-order valence-electron chi connectivity index (χ4n) is 2.36. The molecule has 0 radical (unpaired) electrons. The monoisotopic (exact) mass is 346 g/mol. The third-order valence-corrected chi connectivity index (χ3v) is 4.28. The number of rotatable bonds is 15. The summed E-state index contributed by atoms with van der Waals surface area (Å²) in [5.41, 5.74) is 0. The number of hydrogen-bond donors (Lipinski definition) is 1. The zero-order chi connectivity index (χ0) is 14.9. The molecule has 0 aromatic heterocycles. The van der Waals surface area contributed by atoms with E-state index >= 15 is 0 Å². The number of allylic oxidation sites excluding steroid dienone is 1. The zero-order valence-electron chi connectivity index (χ0n) is 13.5. The predicted molar refractivity (Wildman–Crippen MR) is 94.6 cm³/mol. The van der Waals surface area contributed by atoms with Crippen LogP contribution in [0.15, 0.2) is 12.2 Å². The molecule has 0 aromatic rings. The quantitative estimate of drug-likeness (QED) is 0.207. The van der Waals surface area contributed by atoms with Crippen molar-refractivity contribution in [1.82, 2.24) is 0 Å². The van der Waals surface area contributed by atoms with Crippen LogP contribution in [0.4, 0.5) is 0 Å². The average Bonchev–Trinajstić information content (AvgIpc) is 2.46. The molecule has 2 heteroatoms. The average molecular weight is 347 g/mol. The van der Waals surface area contributed by atoms with Gasteiger partial charge in [0.1, 0.15) is 0 Å². The van der Waals surface area contributed by atoms with Crippen LogP contribution in [0, 0.1) is 0 Å². The molecule has 1 nitrogen and oxygen atoms in total. The fourth-order valence-corrected chi connectivity index (χ4v) is 2.75. The summed E-state index contributed by atoms with van der Waals surface area (Å²) in [5.74, 6) is 0. The van der Waals surface area contributed by atoms with Gasteiger partial charge >= 0.3 is 0 Å². The topological polar surface area (TPSA) is 20.2 Å². The van der Waals surface area contributed by atoms with E-state index in [1.165, 1.54) is 64.2 Å². The number of unbranched alkanes of at least 4 members (excludes halogenated alkanes) is 10. The smallest absolute Gasteiger partial charge is 0.0720 e. The maximum atomic E-state index is 9.65. The molecule has 0 spiro atoms. The van der Waals surface area contributed by atoms with Gasteiger partial charge in [-0.3, -0.25) is 0 Å². The molecule has 120 valence electrons. The van der Waals surface area contributed by atoms with Crippen molar-refractivity contribution in [2.75, 3.05) is 5.33 Å². The summed E-state index contributed by atoms with van der Waals surface area (Å²) >= 11 is 3.47. The van der Waals surface area contributed by atoms with Crippen LogP contribution in [0.2, 0.25) is 0 Å². The van der Waals surface area contributed by atoms with Crippen LogP contribution in [-0.2, 0) is 0 Å². The van der Waals surface area contributed by atoms with Crippen LogP contribution in [-0.4, -0.2) is 16.5 Å². The molecular weight excluding hydrogens is 312 g/mol. The molecule has 0 saturated carbocycles. The molecule has 1 N–H and O–H groups in total. The minimum absolute atomic E-state index is 0.213. The van der Waals surface area contributed by atoms with Gasteiger partial charge in [0.15, 0.2) is 0 Å². The van der Waals surface area contributed by atoms with Gasteiger partial charge in [-0.25, -0.2) is 0 Å². The van der Waals surface area contributed by atoms with E-state index in [9.17, 15) is 5.11 Å². The summed E-state index contributed by atoms with van der Waals surface area (Å²) in [7, 11) is 0. The Hall–Kier alpha value is 0.180. The highest BCUT2D eigenvalue weighted by molar-refractivity contribution is 9.09. The van der Waals surface area contributed by atoms with Crippen LogP contribution in [0.25, 0.3) is 0 Å². The van der Waals surface area contributed by atoms with Gasteiger partial charge in [-0.05, 0) is 25.7 Å². The van der Waals surface area contributed by atoms with E-state index in [0.29, 0.717) is 0 Å². The Morgan fingerprint density at radius 2 is 1.40 bits per heavy atom. The SMILES string of the molecule is CCCCC(O)C=CCCCCCCCCCCCBr. The van der Waals surface area contributed by atoms with E-state index < -0.39 is 0 Å². The van der Waals surface area contributed by atoms with Crippen LogP contribution in [0.3, 0.4) is 0 Å². The molecule has 0 aromatic carbocycles. The Balaban J connectivity index is 3.14. The van der Waals surface area contributed by atoms with E-state index in [1.807, 2.05) is 6.08 Å². The lowest BCUT2D eigenvalue weighted by atomic mass is 10.1. The molecule has 20 heavy (non-hydrogen) atoms. The van der Waals surface area contributed by atoms with Crippen LogP contribution in [0.5, 0.6) is 0 Å². The number of halogens is 1. The first-order valence-electron chi connectivity index (χ1n) is 8.72. The van der Waals surface area contributed by atoms with E-state index in [-0.39, 0.29) is 6.10 Å². The van der Waals surface area contributed by atoms with Crippen molar-refractivity contribution in [3.63, 3.8) is 0 Å². The molecule has 0 heterocycles. The van der Waals surface area contributed by atoms with Gasteiger partial charge in [-0.2, -0.15) is 0 Å². The van der Waals surface area contributed by atoms with Crippen molar-refractivity contribution in [2.45, 2.75) is 96.5 Å². The molecule has 0 aliphatic heterocycles. The van der Waals surface area contributed by atoms with Crippen molar-refractivity contribution in [3.8, 4) is 0 Å². The van der Waals surface area contributed by atoms with Gasteiger partial charge in [-0.15, -0.1) is 0 Å². The Morgan fingerprint density at radius 1 is 0.850 bits per heavy atom. The zero-order valence-corrected chi connectivity index (χ0v) is 15.0. The number of alkyl halides is 1. The Morgan fingerprint density at radius 3 is 1.95 bits per heavy atom. The second-order valence-electron chi connectivity index (χ2n) is 5.80. The van der Waals surface area contributed by atoms with Crippen molar-refractivity contribution >= 4 is 15.9 Å². The molecule has 0 saturated heterocycles. The number of aliphatic hydroxyl groups excluding tert-OH is 1. The van der Waals surface area contributed by atoms with Crippen LogP contribution in [0.1, 0.15) is 90.4 Å². The second-order valence-corrected chi connectivity index (χ2v) is 6.59. The third-order valence-electron chi connectivity index (χ3n) is 3.72. The first-order valence-corrected chi connectivity index (χ1v) is 9.84. The summed E-state index contributed by atoms with van der Waals surface area (Å²) in [6.45, 7) is 2.16. The normalized spacial score (nSPS) is 13.2. The first kappa shape index (κ1) is 20.2. The second kappa shape index (κ2) is 17.2. The molecule has 1 atom stereocenters. The van der Waals surface area contributed by atoms with E-state index in [0.717, 1.165) is 24.6 Å². The van der Waals surface area contributed by atoms with Gasteiger partial charge in [0.05, 0.1) is 6.10 Å². The van der Waals surface area contributed by atoms with Gasteiger partial charge in [0.25, 0.3) is 0 Å². The Kier molecular flexibility index (Phi) is 17.4. The summed E-state index contributed by atoms with van der Waals surface area (Å²) < 4.78 is 0. The summed E-state index contributed by atoms with van der Waals surface area (Å²) in [4.78, 5) is 0. The Bertz CT molecular complexity index is 204. The third kappa shape index (κ3) is 16.2. The van der Waals surface area contributed by atoms with Gasteiger partial charge < -0.3 is 5.11 Å². The molecule has 0 fully saturated rings. The maximum absolute atomic E-state index is 9.65. The standard InChI is InChI=1S/C18H35BrO/c1-2-3-15-18(20)16-13-11-9-7-5-4-6-8-10-12-14-17-19/h13,16,18,20H,2-12,14-15,17H2,1H3. The van der Waals surface area contributed by atoms with Crippen LogP contribution >= 0.6 is 15.9 Å². The van der Waals surface area contributed by atoms with E-state index in [4.69, 9.17) is 0 Å². The molecule has 0 aliphatic rings. The highest BCUT2D eigenvalue weighted by atomic mass is 79.9. The number of aliphatic hydroxyl groups is 1. The molecule has 0 amide bonds. The summed E-state index contributed by atoms with van der Waals surface area (Å²) in [6.07, 6.45) is 20.6. The van der Waals surface area contributed by atoms with Gasteiger partial charge in [0, 0.05) is 5.33 Å². The van der Waals surface area contributed by atoms with Crippen LogP contribution < -0.4 is 0 Å². The summed E-state index contributed by atoms with van der Waals surface area (Å²) in [5, 5.41) is 10.8.